The molecule has 0 heterocycles. The molecule has 1 aromatic carbocycles. The van der Waals surface area contributed by atoms with Gasteiger partial charge in [0.15, 0.2) is 0 Å². The maximum atomic E-state index is 8.95. The van der Waals surface area contributed by atoms with E-state index in [1.807, 2.05) is 0 Å². The summed E-state index contributed by atoms with van der Waals surface area (Å²) in [7, 11) is 0. The number of aryl methyl sites for hydroxylation is 2. The summed E-state index contributed by atoms with van der Waals surface area (Å²) >= 11 is 0. The van der Waals surface area contributed by atoms with E-state index >= 15 is 0 Å². The zero-order chi connectivity index (χ0) is 12.2. The monoisotopic (exact) mass is 221 g/mol. The fourth-order valence-electron chi connectivity index (χ4n) is 1.75. The minimum Gasteiger partial charge on any atom is -0.396 e. The third kappa shape index (κ3) is 3.95. The number of aliphatic hydroxyl groups is 1. The average molecular weight is 221 g/mol. The first-order chi connectivity index (χ1) is 7.44. The van der Waals surface area contributed by atoms with Crippen LogP contribution in [0, 0.1) is 13.8 Å². The zero-order valence-electron chi connectivity index (χ0n) is 10.8. The lowest BCUT2D eigenvalue weighted by Crippen LogP contribution is -2.39. The van der Waals surface area contributed by atoms with Crippen molar-refractivity contribution in [1.82, 2.24) is 5.32 Å². The molecule has 1 rings (SSSR count). The third-order valence-electron chi connectivity index (χ3n) is 2.99. The summed E-state index contributed by atoms with van der Waals surface area (Å²) in [6.07, 6.45) is 0.776. The highest BCUT2D eigenvalue weighted by Crippen LogP contribution is 2.13. The number of benzene rings is 1. The van der Waals surface area contributed by atoms with Crippen LogP contribution in [0.5, 0.6) is 0 Å². The van der Waals surface area contributed by atoms with E-state index in [0.717, 1.165) is 13.0 Å². The lowest BCUT2D eigenvalue weighted by atomic mass is 9.99. The van der Waals surface area contributed by atoms with Crippen LogP contribution in [0.4, 0.5) is 0 Å². The molecule has 0 saturated heterocycles. The van der Waals surface area contributed by atoms with Crippen LogP contribution in [-0.4, -0.2) is 17.3 Å². The SMILES string of the molecule is Cc1ccc(CNC(C)(C)CCO)c(C)c1. The molecule has 2 nitrogen and oxygen atoms in total. The molecule has 0 radical (unpaired) electrons. The molecular formula is C14H23NO. The van der Waals surface area contributed by atoms with Crippen LogP contribution in [0.15, 0.2) is 18.2 Å². The van der Waals surface area contributed by atoms with Crippen molar-refractivity contribution < 1.29 is 5.11 Å². The molecule has 0 atom stereocenters. The van der Waals surface area contributed by atoms with Crippen LogP contribution in [0.3, 0.4) is 0 Å². The normalized spacial score (nSPS) is 11.8. The molecule has 90 valence electrons. The number of aliphatic hydroxyl groups excluding tert-OH is 1. The Morgan fingerprint density at radius 2 is 1.94 bits per heavy atom. The Morgan fingerprint density at radius 1 is 1.25 bits per heavy atom. The van der Waals surface area contributed by atoms with Gasteiger partial charge >= 0.3 is 0 Å². The fraction of sp³-hybridized carbons (Fsp3) is 0.571. The van der Waals surface area contributed by atoms with Crippen LogP contribution in [0.25, 0.3) is 0 Å². The molecule has 0 saturated carbocycles. The van der Waals surface area contributed by atoms with Gasteiger partial charge in [0.25, 0.3) is 0 Å². The molecule has 0 aliphatic heterocycles. The number of nitrogens with one attached hydrogen (secondary N) is 1. The Morgan fingerprint density at radius 3 is 2.50 bits per heavy atom. The molecular weight excluding hydrogens is 198 g/mol. The zero-order valence-corrected chi connectivity index (χ0v) is 10.8. The molecule has 16 heavy (non-hydrogen) atoms. The molecule has 0 spiro atoms. The summed E-state index contributed by atoms with van der Waals surface area (Å²) in [4.78, 5) is 0. The smallest absolute Gasteiger partial charge is 0.0448 e. The predicted octanol–water partition coefficient (Wildman–Crippen LogP) is 2.55. The summed E-state index contributed by atoms with van der Waals surface area (Å²) in [5, 5.41) is 12.4. The Hall–Kier alpha value is -0.860. The standard InChI is InChI=1S/C14H23NO/c1-11-5-6-13(12(2)9-11)10-15-14(3,4)7-8-16/h5-6,9,15-16H,7-8,10H2,1-4H3. The van der Waals surface area contributed by atoms with Crippen molar-refractivity contribution in [3.05, 3.63) is 34.9 Å². The first kappa shape index (κ1) is 13.2. The van der Waals surface area contributed by atoms with Gasteiger partial charge in [0.2, 0.25) is 0 Å². The van der Waals surface area contributed by atoms with Crippen molar-refractivity contribution in [2.45, 2.75) is 46.2 Å². The van der Waals surface area contributed by atoms with Crippen molar-refractivity contribution in [2.75, 3.05) is 6.61 Å². The van der Waals surface area contributed by atoms with Gasteiger partial charge < -0.3 is 10.4 Å². The van der Waals surface area contributed by atoms with Gasteiger partial charge in [0.1, 0.15) is 0 Å². The second-order valence-electron chi connectivity index (χ2n) is 5.14. The van der Waals surface area contributed by atoms with E-state index in [1.165, 1.54) is 16.7 Å². The highest BCUT2D eigenvalue weighted by Gasteiger charge is 2.15. The van der Waals surface area contributed by atoms with Gasteiger partial charge in [-0.1, -0.05) is 23.8 Å². The lowest BCUT2D eigenvalue weighted by Gasteiger charge is -2.26. The van der Waals surface area contributed by atoms with Crippen molar-refractivity contribution in [3.8, 4) is 0 Å². The molecule has 0 aliphatic carbocycles. The molecule has 0 amide bonds. The molecule has 0 bridgehead atoms. The van der Waals surface area contributed by atoms with E-state index in [0.29, 0.717) is 0 Å². The summed E-state index contributed by atoms with van der Waals surface area (Å²) in [6.45, 7) is 9.58. The van der Waals surface area contributed by atoms with E-state index in [4.69, 9.17) is 5.11 Å². The molecule has 0 fully saturated rings. The minimum atomic E-state index is -0.00786. The molecule has 0 unspecified atom stereocenters. The summed E-state index contributed by atoms with van der Waals surface area (Å²) in [5.74, 6) is 0. The van der Waals surface area contributed by atoms with Gasteiger partial charge in [0.05, 0.1) is 0 Å². The maximum Gasteiger partial charge on any atom is 0.0448 e. The Bertz CT molecular complexity index is 345. The largest absolute Gasteiger partial charge is 0.396 e. The van der Waals surface area contributed by atoms with E-state index in [-0.39, 0.29) is 12.1 Å². The van der Waals surface area contributed by atoms with Crippen molar-refractivity contribution in [2.24, 2.45) is 0 Å². The van der Waals surface area contributed by atoms with Crippen LogP contribution in [0.2, 0.25) is 0 Å². The van der Waals surface area contributed by atoms with E-state index in [1.54, 1.807) is 0 Å². The van der Waals surface area contributed by atoms with Crippen molar-refractivity contribution in [1.29, 1.82) is 0 Å². The number of hydrogen-bond acceptors (Lipinski definition) is 2. The lowest BCUT2D eigenvalue weighted by molar-refractivity contribution is 0.230. The van der Waals surface area contributed by atoms with Gasteiger partial charge in [-0.15, -0.1) is 0 Å². The fourth-order valence-corrected chi connectivity index (χ4v) is 1.75. The highest BCUT2D eigenvalue weighted by molar-refractivity contribution is 5.30. The molecule has 1 aromatic rings. The first-order valence-electron chi connectivity index (χ1n) is 5.86. The van der Waals surface area contributed by atoms with Gasteiger partial charge in [0, 0.05) is 18.7 Å². The topological polar surface area (TPSA) is 32.3 Å². The van der Waals surface area contributed by atoms with E-state index < -0.39 is 0 Å². The summed E-state index contributed by atoms with van der Waals surface area (Å²) in [6, 6.07) is 6.52. The molecule has 0 aliphatic rings. The first-order valence-corrected chi connectivity index (χ1v) is 5.86. The van der Waals surface area contributed by atoms with Crippen LogP contribution in [0.1, 0.15) is 37.0 Å². The number of rotatable bonds is 5. The van der Waals surface area contributed by atoms with E-state index in [9.17, 15) is 0 Å². The predicted molar refractivity (Wildman–Crippen MR) is 68.5 cm³/mol. The van der Waals surface area contributed by atoms with Crippen molar-refractivity contribution in [3.63, 3.8) is 0 Å². The summed E-state index contributed by atoms with van der Waals surface area (Å²) in [5.41, 5.74) is 3.95. The second-order valence-corrected chi connectivity index (χ2v) is 5.14. The second kappa shape index (κ2) is 5.46. The van der Waals surface area contributed by atoms with Gasteiger partial charge in [-0.2, -0.15) is 0 Å². The van der Waals surface area contributed by atoms with Gasteiger partial charge in [-0.25, -0.2) is 0 Å². The Balaban J connectivity index is 2.61. The van der Waals surface area contributed by atoms with Crippen molar-refractivity contribution >= 4 is 0 Å². The molecule has 0 aromatic heterocycles. The molecule has 2 N–H and O–H groups in total. The van der Waals surface area contributed by atoms with Gasteiger partial charge in [-0.05, 0) is 45.2 Å². The average Bonchev–Trinajstić information content (AvgIpc) is 2.16. The van der Waals surface area contributed by atoms with E-state index in [2.05, 4.69) is 51.2 Å². The van der Waals surface area contributed by atoms with Crippen LogP contribution in [-0.2, 0) is 6.54 Å². The Labute approximate surface area is 98.7 Å². The van der Waals surface area contributed by atoms with Gasteiger partial charge in [-0.3, -0.25) is 0 Å². The maximum absolute atomic E-state index is 8.95. The highest BCUT2D eigenvalue weighted by atomic mass is 16.3. The Kier molecular flexibility index (Phi) is 4.51. The van der Waals surface area contributed by atoms with Crippen LogP contribution >= 0.6 is 0 Å². The third-order valence-corrected chi connectivity index (χ3v) is 2.99. The minimum absolute atomic E-state index is 0.00786. The quantitative estimate of drug-likeness (QED) is 0.801. The molecule has 2 heteroatoms. The summed E-state index contributed by atoms with van der Waals surface area (Å²) < 4.78 is 0. The van der Waals surface area contributed by atoms with Crippen LogP contribution < -0.4 is 5.32 Å². The number of hydrogen-bond donors (Lipinski definition) is 2.